The smallest absolute Gasteiger partial charge is 0.350 e. The molecular formula is C15H12FN3O5. The first-order valence-electron chi connectivity index (χ1n) is 6.86. The first-order chi connectivity index (χ1) is 11.4. The van der Waals surface area contributed by atoms with Gasteiger partial charge in [-0.3, -0.25) is 0 Å². The minimum atomic E-state index is -1.33. The first kappa shape index (κ1) is 15.7. The van der Waals surface area contributed by atoms with Crippen molar-refractivity contribution in [1.29, 1.82) is 0 Å². The summed E-state index contributed by atoms with van der Waals surface area (Å²) in [5.74, 6) is -3.61. The highest BCUT2D eigenvalue weighted by molar-refractivity contribution is 6.15. The van der Waals surface area contributed by atoms with Crippen molar-refractivity contribution in [3.8, 4) is 11.4 Å². The van der Waals surface area contributed by atoms with Crippen LogP contribution in [0.2, 0.25) is 0 Å². The van der Waals surface area contributed by atoms with Gasteiger partial charge in [-0.2, -0.15) is 4.98 Å². The highest BCUT2D eigenvalue weighted by Gasteiger charge is 2.39. The van der Waals surface area contributed by atoms with Crippen molar-refractivity contribution in [3.05, 3.63) is 42.2 Å². The van der Waals surface area contributed by atoms with Crippen LogP contribution in [0.15, 0.2) is 40.9 Å². The van der Waals surface area contributed by atoms with E-state index >= 15 is 0 Å². The van der Waals surface area contributed by atoms with Crippen LogP contribution < -0.4 is 5.32 Å². The van der Waals surface area contributed by atoms with Gasteiger partial charge in [0.25, 0.3) is 5.79 Å². The second-order valence-corrected chi connectivity index (χ2v) is 5.30. The molecule has 1 fully saturated rings. The van der Waals surface area contributed by atoms with Crippen molar-refractivity contribution in [2.75, 3.05) is 5.32 Å². The molecule has 2 aromatic rings. The Morgan fingerprint density at radius 1 is 1.21 bits per heavy atom. The zero-order chi connectivity index (χ0) is 17.3. The second-order valence-electron chi connectivity index (χ2n) is 5.30. The Hall–Kier alpha value is -3.23. The van der Waals surface area contributed by atoms with Crippen LogP contribution in [0.25, 0.3) is 11.4 Å². The summed E-state index contributed by atoms with van der Waals surface area (Å²) in [6.45, 7) is 2.88. The number of carbonyl (C=O) groups excluding carboxylic acids is 2. The summed E-state index contributed by atoms with van der Waals surface area (Å²) in [5, 5.41) is 6.26. The zero-order valence-corrected chi connectivity index (χ0v) is 12.7. The maximum atomic E-state index is 14.1. The monoisotopic (exact) mass is 333 g/mol. The summed E-state index contributed by atoms with van der Waals surface area (Å²) in [4.78, 5) is 27.5. The average molecular weight is 333 g/mol. The first-order valence-corrected chi connectivity index (χ1v) is 6.86. The maximum absolute atomic E-state index is 14.1. The largest absolute Gasteiger partial charge is 0.419 e. The number of anilines is 1. The normalized spacial score (nSPS) is 16.4. The molecule has 1 N–H and O–H groups in total. The highest BCUT2D eigenvalue weighted by Crippen LogP contribution is 2.29. The van der Waals surface area contributed by atoms with E-state index in [2.05, 4.69) is 20.0 Å². The third-order valence-corrected chi connectivity index (χ3v) is 3.09. The predicted octanol–water partition coefficient (Wildman–Crippen LogP) is 2.01. The molecule has 3 rings (SSSR count). The number of rotatable bonds is 3. The number of aromatic nitrogens is 2. The van der Waals surface area contributed by atoms with Crippen molar-refractivity contribution < 1.29 is 28.0 Å². The molecule has 0 bridgehead atoms. The lowest BCUT2D eigenvalue weighted by molar-refractivity contribution is -0.222. The Morgan fingerprint density at radius 2 is 1.92 bits per heavy atom. The van der Waals surface area contributed by atoms with Crippen LogP contribution >= 0.6 is 0 Å². The molecule has 1 saturated heterocycles. The Labute approximate surface area is 135 Å². The van der Waals surface area contributed by atoms with E-state index in [0.29, 0.717) is 0 Å². The molecule has 1 aromatic heterocycles. The van der Waals surface area contributed by atoms with E-state index in [-0.39, 0.29) is 22.6 Å². The molecule has 0 amide bonds. The van der Waals surface area contributed by atoms with E-state index in [0.717, 1.165) is 12.6 Å². The number of carbonyl (C=O) groups is 2. The van der Waals surface area contributed by atoms with Crippen LogP contribution in [0.3, 0.4) is 0 Å². The number of esters is 2. The molecule has 1 aliphatic heterocycles. The van der Waals surface area contributed by atoms with E-state index in [1.54, 1.807) is 0 Å². The molecular weight excluding hydrogens is 321 g/mol. The number of ether oxygens (including phenoxy) is 2. The Kier molecular flexibility index (Phi) is 3.76. The topological polar surface area (TPSA) is 104 Å². The van der Waals surface area contributed by atoms with Gasteiger partial charge in [0.2, 0.25) is 12.2 Å². The van der Waals surface area contributed by atoms with E-state index in [9.17, 15) is 14.0 Å². The molecule has 1 aromatic carbocycles. The second kappa shape index (κ2) is 5.76. The summed E-state index contributed by atoms with van der Waals surface area (Å²) in [6, 6.07) is 4.19. The summed E-state index contributed by atoms with van der Waals surface area (Å²) < 4.78 is 28.6. The molecule has 0 atom stereocenters. The average Bonchev–Trinajstić information content (AvgIpc) is 2.99. The van der Waals surface area contributed by atoms with Crippen molar-refractivity contribution in [3.63, 3.8) is 0 Å². The van der Waals surface area contributed by atoms with Crippen LogP contribution in [0.4, 0.5) is 10.1 Å². The fourth-order valence-corrected chi connectivity index (χ4v) is 2.08. The van der Waals surface area contributed by atoms with Crippen LogP contribution in [0.5, 0.6) is 0 Å². The Bertz CT molecular complexity index is 808. The van der Waals surface area contributed by atoms with E-state index < -0.39 is 23.5 Å². The van der Waals surface area contributed by atoms with Gasteiger partial charge in [0, 0.05) is 20.0 Å². The quantitative estimate of drug-likeness (QED) is 0.517. The minimum absolute atomic E-state index is 0.0175. The van der Waals surface area contributed by atoms with Crippen LogP contribution in [-0.4, -0.2) is 27.9 Å². The number of hydrogen-bond donors (Lipinski definition) is 1. The summed E-state index contributed by atoms with van der Waals surface area (Å²) in [7, 11) is 0. The van der Waals surface area contributed by atoms with Crippen LogP contribution in [-0.2, 0) is 19.1 Å². The van der Waals surface area contributed by atoms with Gasteiger partial charge >= 0.3 is 11.9 Å². The van der Waals surface area contributed by atoms with Gasteiger partial charge in [0.05, 0.1) is 11.3 Å². The Balaban J connectivity index is 1.92. The van der Waals surface area contributed by atoms with Gasteiger partial charge in [-0.05, 0) is 12.1 Å². The molecule has 0 spiro atoms. The van der Waals surface area contributed by atoms with Gasteiger partial charge < -0.3 is 19.3 Å². The van der Waals surface area contributed by atoms with Gasteiger partial charge in [0.1, 0.15) is 5.82 Å². The summed E-state index contributed by atoms with van der Waals surface area (Å²) in [5.41, 5.74) is -0.0899. The molecule has 0 aliphatic carbocycles. The minimum Gasteiger partial charge on any atom is -0.419 e. The SMILES string of the molecule is CC1(C)OC(=O)C(=CNc2cccc(F)c2-c2ncon2)C(=O)O1. The van der Waals surface area contributed by atoms with E-state index in [1.165, 1.54) is 32.0 Å². The number of benzene rings is 1. The number of hydrogen-bond acceptors (Lipinski definition) is 8. The lowest BCUT2D eigenvalue weighted by Gasteiger charge is -2.29. The molecule has 0 radical (unpaired) electrons. The Morgan fingerprint density at radius 3 is 2.54 bits per heavy atom. The zero-order valence-electron chi connectivity index (χ0n) is 12.7. The molecule has 0 unspecified atom stereocenters. The molecule has 1 aliphatic rings. The maximum Gasteiger partial charge on any atom is 0.350 e. The predicted molar refractivity (Wildman–Crippen MR) is 77.7 cm³/mol. The van der Waals surface area contributed by atoms with Crippen molar-refractivity contribution in [2.24, 2.45) is 0 Å². The van der Waals surface area contributed by atoms with Crippen LogP contribution in [0, 0.1) is 5.82 Å². The fraction of sp³-hybridized carbons (Fsp3) is 0.200. The standard InChI is InChI=1S/C15H12FN3O5/c1-15(2)23-13(20)8(14(21)24-15)6-17-10-5-3-4-9(16)11(10)12-18-7-22-19-12/h3-7,17H,1-2H3. The fourth-order valence-electron chi connectivity index (χ4n) is 2.08. The molecule has 9 heteroatoms. The molecule has 24 heavy (non-hydrogen) atoms. The van der Waals surface area contributed by atoms with Crippen LogP contribution in [0.1, 0.15) is 13.8 Å². The van der Waals surface area contributed by atoms with Crippen molar-refractivity contribution in [2.45, 2.75) is 19.6 Å². The third-order valence-electron chi connectivity index (χ3n) is 3.09. The number of nitrogens with zero attached hydrogens (tertiary/aromatic N) is 2. The van der Waals surface area contributed by atoms with E-state index in [4.69, 9.17) is 9.47 Å². The summed E-state index contributed by atoms with van der Waals surface area (Å²) in [6.07, 6.45) is 2.14. The lowest BCUT2D eigenvalue weighted by Crippen LogP contribution is -2.42. The van der Waals surface area contributed by atoms with E-state index in [1.807, 2.05) is 0 Å². The number of nitrogens with one attached hydrogen (secondary N) is 1. The molecule has 0 saturated carbocycles. The van der Waals surface area contributed by atoms with Gasteiger partial charge in [-0.25, -0.2) is 14.0 Å². The van der Waals surface area contributed by atoms with Gasteiger partial charge in [-0.1, -0.05) is 11.2 Å². The van der Waals surface area contributed by atoms with Crippen molar-refractivity contribution >= 4 is 17.6 Å². The lowest BCUT2D eigenvalue weighted by atomic mass is 10.1. The number of cyclic esters (lactones) is 2. The number of halogens is 1. The van der Waals surface area contributed by atoms with Gasteiger partial charge in [-0.15, -0.1) is 0 Å². The molecule has 8 nitrogen and oxygen atoms in total. The third kappa shape index (κ3) is 2.96. The van der Waals surface area contributed by atoms with Gasteiger partial charge in [0.15, 0.2) is 5.57 Å². The highest BCUT2D eigenvalue weighted by atomic mass is 19.1. The van der Waals surface area contributed by atoms with Crippen molar-refractivity contribution in [1.82, 2.24) is 10.1 Å². The molecule has 2 heterocycles. The summed E-state index contributed by atoms with van der Waals surface area (Å²) >= 11 is 0. The molecule has 124 valence electrons.